The van der Waals surface area contributed by atoms with Crippen LogP contribution in [0.2, 0.25) is 0 Å². The van der Waals surface area contributed by atoms with Crippen LogP contribution in [0.25, 0.3) is 0 Å². The summed E-state index contributed by atoms with van der Waals surface area (Å²) in [6.45, 7) is 9.56. The van der Waals surface area contributed by atoms with Crippen LogP contribution in [0, 0.1) is 0 Å². The second-order valence-corrected chi connectivity index (χ2v) is 3.87. The molecule has 3 heteroatoms. The fourth-order valence-corrected chi connectivity index (χ4v) is 1.54. The summed E-state index contributed by atoms with van der Waals surface area (Å²) in [5.41, 5.74) is 3.84. The molecule has 0 aromatic carbocycles. The highest BCUT2D eigenvalue weighted by Gasteiger charge is 2.09. The van der Waals surface area contributed by atoms with Crippen LogP contribution < -0.4 is 5.32 Å². The minimum Gasteiger partial charge on any atom is -0.310 e. The van der Waals surface area contributed by atoms with Gasteiger partial charge in [0.2, 0.25) is 0 Å². The molecule has 2 N–H and O–H groups in total. The molecular weight excluding hydrogens is 174 g/mol. The van der Waals surface area contributed by atoms with E-state index in [-0.39, 0.29) is 0 Å². The molecule has 0 aliphatic heterocycles. The molecule has 0 saturated carbocycles. The summed E-state index contributed by atoms with van der Waals surface area (Å²) < 4.78 is 0. The molecule has 0 radical (unpaired) electrons. The molecule has 0 fully saturated rings. The van der Waals surface area contributed by atoms with E-state index in [0.29, 0.717) is 6.04 Å². The summed E-state index contributed by atoms with van der Waals surface area (Å²) in [6.07, 6.45) is 2.04. The van der Waals surface area contributed by atoms with Crippen molar-refractivity contribution in [3.8, 4) is 0 Å². The topological polar surface area (TPSA) is 40.7 Å². The first kappa shape index (κ1) is 11.2. The van der Waals surface area contributed by atoms with Crippen molar-refractivity contribution in [2.45, 2.75) is 53.1 Å². The standard InChI is InChI=1S/C11H21N3/c1-5-10-9(7-12-8(3)4)11(6-2)14-13-10/h8,12H,5-7H2,1-4H3,(H,13,14). The lowest BCUT2D eigenvalue weighted by molar-refractivity contribution is 0.584. The maximum absolute atomic E-state index is 4.32. The quantitative estimate of drug-likeness (QED) is 0.754. The molecule has 0 unspecified atom stereocenters. The van der Waals surface area contributed by atoms with Crippen molar-refractivity contribution in [1.29, 1.82) is 0 Å². The Balaban J connectivity index is 2.75. The van der Waals surface area contributed by atoms with E-state index in [0.717, 1.165) is 19.4 Å². The average Bonchev–Trinajstić information content (AvgIpc) is 2.56. The Bertz CT molecular complexity index is 255. The van der Waals surface area contributed by atoms with Gasteiger partial charge in [-0.3, -0.25) is 5.10 Å². The van der Waals surface area contributed by atoms with Crippen molar-refractivity contribution in [1.82, 2.24) is 15.5 Å². The van der Waals surface area contributed by atoms with Gasteiger partial charge < -0.3 is 5.32 Å². The van der Waals surface area contributed by atoms with Gasteiger partial charge in [0.05, 0.1) is 5.69 Å². The van der Waals surface area contributed by atoms with Crippen molar-refractivity contribution >= 4 is 0 Å². The smallest absolute Gasteiger partial charge is 0.0667 e. The van der Waals surface area contributed by atoms with Crippen LogP contribution in [-0.2, 0) is 19.4 Å². The first-order valence-electron chi connectivity index (χ1n) is 5.47. The highest BCUT2D eigenvalue weighted by atomic mass is 15.1. The van der Waals surface area contributed by atoms with Crippen LogP contribution in [0.15, 0.2) is 0 Å². The Morgan fingerprint density at radius 2 is 2.00 bits per heavy atom. The molecule has 0 bridgehead atoms. The van der Waals surface area contributed by atoms with Crippen LogP contribution in [0.4, 0.5) is 0 Å². The largest absolute Gasteiger partial charge is 0.310 e. The zero-order valence-electron chi connectivity index (χ0n) is 9.65. The number of H-pyrrole nitrogens is 1. The van der Waals surface area contributed by atoms with E-state index in [2.05, 4.69) is 43.2 Å². The molecule has 0 atom stereocenters. The van der Waals surface area contributed by atoms with Crippen molar-refractivity contribution in [2.75, 3.05) is 0 Å². The number of hydrogen-bond donors (Lipinski definition) is 2. The summed E-state index contributed by atoms with van der Waals surface area (Å²) in [7, 11) is 0. The van der Waals surface area contributed by atoms with Gasteiger partial charge in [-0.2, -0.15) is 5.10 Å². The van der Waals surface area contributed by atoms with Crippen LogP contribution >= 0.6 is 0 Å². The molecule has 3 nitrogen and oxygen atoms in total. The molecule has 0 aliphatic carbocycles. The third-order valence-electron chi connectivity index (χ3n) is 2.41. The third kappa shape index (κ3) is 2.58. The van der Waals surface area contributed by atoms with E-state index in [1.54, 1.807) is 0 Å². The van der Waals surface area contributed by atoms with E-state index in [1.165, 1.54) is 17.0 Å². The Labute approximate surface area is 86.3 Å². The fourth-order valence-electron chi connectivity index (χ4n) is 1.54. The van der Waals surface area contributed by atoms with Crippen LogP contribution in [-0.4, -0.2) is 16.2 Å². The van der Waals surface area contributed by atoms with Crippen molar-refractivity contribution in [3.05, 3.63) is 17.0 Å². The van der Waals surface area contributed by atoms with Gasteiger partial charge in [0.25, 0.3) is 0 Å². The first-order chi connectivity index (χ1) is 6.69. The van der Waals surface area contributed by atoms with E-state index in [9.17, 15) is 0 Å². The summed E-state index contributed by atoms with van der Waals surface area (Å²) in [6, 6.07) is 0.527. The van der Waals surface area contributed by atoms with Gasteiger partial charge in [-0.25, -0.2) is 0 Å². The number of rotatable bonds is 5. The Hall–Kier alpha value is -0.830. The fraction of sp³-hybridized carbons (Fsp3) is 0.727. The number of aryl methyl sites for hydroxylation is 2. The van der Waals surface area contributed by atoms with Gasteiger partial charge in [-0.05, 0) is 12.8 Å². The highest BCUT2D eigenvalue weighted by molar-refractivity contribution is 5.25. The van der Waals surface area contributed by atoms with Crippen LogP contribution in [0.3, 0.4) is 0 Å². The summed E-state index contributed by atoms with van der Waals surface area (Å²) in [4.78, 5) is 0. The zero-order valence-corrected chi connectivity index (χ0v) is 9.65. The molecule has 1 rings (SSSR count). The molecule has 1 heterocycles. The first-order valence-corrected chi connectivity index (χ1v) is 5.47. The van der Waals surface area contributed by atoms with Gasteiger partial charge in [0.1, 0.15) is 0 Å². The van der Waals surface area contributed by atoms with Gasteiger partial charge in [0, 0.05) is 23.8 Å². The minimum atomic E-state index is 0.527. The van der Waals surface area contributed by atoms with Crippen molar-refractivity contribution in [2.24, 2.45) is 0 Å². The molecule has 0 spiro atoms. The number of hydrogen-bond acceptors (Lipinski definition) is 2. The number of nitrogens with zero attached hydrogens (tertiary/aromatic N) is 1. The molecule has 0 aliphatic rings. The molecule has 80 valence electrons. The third-order valence-corrected chi connectivity index (χ3v) is 2.41. The van der Waals surface area contributed by atoms with Gasteiger partial charge >= 0.3 is 0 Å². The zero-order chi connectivity index (χ0) is 10.6. The SMILES string of the molecule is CCc1n[nH]c(CC)c1CNC(C)C. The van der Waals surface area contributed by atoms with Crippen LogP contribution in [0.5, 0.6) is 0 Å². The summed E-state index contributed by atoms with van der Waals surface area (Å²) in [5, 5.41) is 10.9. The highest BCUT2D eigenvalue weighted by Crippen LogP contribution is 2.12. The maximum atomic E-state index is 4.32. The normalized spacial score (nSPS) is 11.2. The van der Waals surface area contributed by atoms with Gasteiger partial charge in [-0.15, -0.1) is 0 Å². The molecule has 0 amide bonds. The Morgan fingerprint density at radius 1 is 1.29 bits per heavy atom. The Kier molecular flexibility index (Phi) is 4.14. The second kappa shape index (κ2) is 5.15. The molecule has 1 aromatic heterocycles. The van der Waals surface area contributed by atoms with Gasteiger partial charge in [0.15, 0.2) is 0 Å². The number of nitrogens with one attached hydrogen (secondary N) is 2. The summed E-state index contributed by atoms with van der Waals surface area (Å²) in [5.74, 6) is 0. The molecule has 1 aromatic rings. The van der Waals surface area contributed by atoms with E-state index in [1.807, 2.05) is 0 Å². The van der Waals surface area contributed by atoms with E-state index < -0.39 is 0 Å². The summed E-state index contributed by atoms with van der Waals surface area (Å²) >= 11 is 0. The number of aromatic amines is 1. The maximum Gasteiger partial charge on any atom is 0.0667 e. The lowest BCUT2D eigenvalue weighted by Crippen LogP contribution is -2.22. The molecule has 14 heavy (non-hydrogen) atoms. The van der Waals surface area contributed by atoms with Gasteiger partial charge in [-0.1, -0.05) is 27.7 Å². The van der Waals surface area contributed by atoms with Crippen molar-refractivity contribution < 1.29 is 0 Å². The molecular formula is C11H21N3. The predicted octanol–water partition coefficient (Wildman–Crippen LogP) is 2.03. The average molecular weight is 195 g/mol. The Morgan fingerprint density at radius 3 is 2.50 bits per heavy atom. The predicted molar refractivity (Wildman–Crippen MR) is 59.3 cm³/mol. The number of aromatic nitrogens is 2. The lowest BCUT2D eigenvalue weighted by Gasteiger charge is -2.09. The van der Waals surface area contributed by atoms with E-state index in [4.69, 9.17) is 0 Å². The van der Waals surface area contributed by atoms with Crippen molar-refractivity contribution in [3.63, 3.8) is 0 Å². The minimum absolute atomic E-state index is 0.527. The lowest BCUT2D eigenvalue weighted by atomic mass is 10.1. The molecule has 0 saturated heterocycles. The van der Waals surface area contributed by atoms with Crippen LogP contribution in [0.1, 0.15) is 44.6 Å². The second-order valence-electron chi connectivity index (χ2n) is 3.87. The van der Waals surface area contributed by atoms with E-state index >= 15 is 0 Å². The monoisotopic (exact) mass is 195 g/mol.